The summed E-state index contributed by atoms with van der Waals surface area (Å²) in [6.45, 7) is 4.88. The molecule has 0 amide bonds. The lowest BCUT2D eigenvalue weighted by Crippen LogP contribution is -2.47. The number of hydrogen-bond acceptors (Lipinski definition) is 7. The lowest BCUT2D eigenvalue weighted by Gasteiger charge is -2.42. The van der Waals surface area contributed by atoms with Crippen LogP contribution in [0, 0.1) is 6.92 Å². The number of alkyl halides is 3. The topological polar surface area (TPSA) is 86.8 Å². The van der Waals surface area contributed by atoms with Gasteiger partial charge < -0.3 is 9.64 Å². The van der Waals surface area contributed by atoms with Crippen molar-refractivity contribution in [3.05, 3.63) is 54.5 Å². The number of fused-ring (bicyclic) bond motifs is 6. The Morgan fingerprint density at radius 3 is 2.83 bits per heavy atom. The number of imidazole rings is 1. The molecule has 180 valence electrons. The van der Waals surface area contributed by atoms with Gasteiger partial charge in [-0.3, -0.25) is 9.13 Å². The zero-order valence-electron chi connectivity index (χ0n) is 19.0. The molecule has 0 radical (unpaired) electrons. The second kappa shape index (κ2) is 7.52. The molecule has 4 aromatic rings. The van der Waals surface area contributed by atoms with Crippen molar-refractivity contribution >= 4 is 5.82 Å². The van der Waals surface area contributed by atoms with Crippen molar-refractivity contribution in [3.63, 3.8) is 0 Å². The van der Waals surface area contributed by atoms with Crippen LogP contribution in [0.4, 0.5) is 19.0 Å². The number of aromatic nitrogens is 7. The Balaban J connectivity index is 1.46. The molecule has 0 aliphatic carbocycles. The van der Waals surface area contributed by atoms with Gasteiger partial charge in [0.1, 0.15) is 28.6 Å². The van der Waals surface area contributed by atoms with Crippen LogP contribution < -0.4 is 9.64 Å². The molecular formula is C23H21F3N8O. The first-order valence-corrected chi connectivity index (χ1v) is 11.3. The minimum absolute atomic E-state index is 0.291. The molecule has 0 bridgehead atoms. The standard InChI is InChI=1S/C23H21F3N8O/c1-3-22-8-5-10-33(22)19-17(34-14(2)30-31-20(22)34)13-28-21(29-19)32-11-9-27-18(32)15-6-4-7-16(12-15)35-23(24,25)26/h4,6-7,9,11-13H,3,5,8,10H2,1-2H3. The average Bonchev–Trinajstić information content (AvgIpc) is 3.56. The van der Waals surface area contributed by atoms with E-state index in [1.807, 2.05) is 11.5 Å². The van der Waals surface area contributed by atoms with Crippen LogP contribution in [0.3, 0.4) is 0 Å². The van der Waals surface area contributed by atoms with Gasteiger partial charge >= 0.3 is 6.36 Å². The number of nitrogens with zero attached hydrogens (tertiary/aromatic N) is 8. The van der Waals surface area contributed by atoms with Gasteiger partial charge in [-0.25, -0.2) is 9.97 Å². The van der Waals surface area contributed by atoms with E-state index in [1.165, 1.54) is 18.2 Å². The normalized spacial score (nSPS) is 18.8. The van der Waals surface area contributed by atoms with E-state index >= 15 is 0 Å². The first kappa shape index (κ1) is 21.6. The molecule has 0 saturated carbocycles. The summed E-state index contributed by atoms with van der Waals surface area (Å²) in [5, 5.41) is 8.84. The van der Waals surface area contributed by atoms with Gasteiger partial charge in [0.2, 0.25) is 5.95 Å². The van der Waals surface area contributed by atoms with Crippen molar-refractivity contribution in [1.29, 1.82) is 0 Å². The fourth-order valence-electron chi connectivity index (χ4n) is 5.24. The van der Waals surface area contributed by atoms with E-state index in [-0.39, 0.29) is 11.3 Å². The third kappa shape index (κ3) is 3.27. The second-order valence-electron chi connectivity index (χ2n) is 8.62. The van der Waals surface area contributed by atoms with Gasteiger partial charge in [-0.1, -0.05) is 19.1 Å². The molecule has 1 fully saturated rings. The summed E-state index contributed by atoms with van der Waals surface area (Å²) in [7, 11) is 0. The van der Waals surface area contributed by atoms with E-state index in [0.717, 1.165) is 49.0 Å². The van der Waals surface area contributed by atoms with Crippen LogP contribution in [0.15, 0.2) is 42.9 Å². The Bertz CT molecular complexity index is 1430. The zero-order chi connectivity index (χ0) is 24.4. The molecule has 12 heteroatoms. The fraction of sp³-hybridized carbons (Fsp3) is 0.348. The van der Waals surface area contributed by atoms with Gasteiger partial charge in [-0.15, -0.1) is 23.4 Å². The largest absolute Gasteiger partial charge is 0.573 e. The predicted molar refractivity (Wildman–Crippen MR) is 119 cm³/mol. The van der Waals surface area contributed by atoms with Gasteiger partial charge in [0.15, 0.2) is 11.6 Å². The smallest absolute Gasteiger partial charge is 0.406 e. The van der Waals surface area contributed by atoms with E-state index in [0.29, 0.717) is 17.3 Å². The Morgan fingerprint density at radius 1 is 1.17 bits per heavy atom. The van der Waals surface area contributed by atoms with Crippen molar-refractivity contribution in [2.75, 3.05) is 11.4 Å². The van der Waals surface area contributed by atoms with Crippen LogP contribution in [-0.4, -0.2) is 47.2 Å². The monoisotopic (exact) mass is 482 g/mol. The van der Waals surface area contributed by atoms with E-state index < -0.39 is 6.36 Å². The zero-order valence-corrected chi connectivity index (χ0v) is 19.0. The van der Waals surface area contributed by atoms with Crippen molar-refractivity contribution in [3.8, 4) is 28.8 Å². The Hall–Kier alpha value is -3.96. The molecule has 0 spiro atoms. The highest BCUT2D eigenvalue weighted by Gasteiger charge is 2.50. The second-order valence-corrected chi connectivity index (χ2v) is 8.62. The molecule has 3 aromatic heterocycles. The highest BCUT2D eigenvalue weighted by atomic mass is 19.4. The Kier molecular flexibility index (Phi) is 4.63. The van der Waals surface area contributed by atoms with Crippen LogP contribution in [0.1, 0.15) is 37.8 Å². The van der Waals surface area contributed by atoms with Gasteiger partial charge in [0, 0.05) is 24.5 Å². The van der Waals surface area contributed by atoms with Crippen LogP contribution in [-0.2, 0) is 5.54 Å². The highest BCUT2D eigenvalue weighted by Crippen LogP contribution is 2.49. The predicted octanol–water partition coefficient (Wildman–Crippen LogP) is 4.34. The van der Waals surface area contributed by atoms with E-state index in [9.17, 15) is 13.2 Å². The van der Waals surface area contributed by atoms with Crippen molar-refractivity contribution in [2.45, 2.75) is 45.0 Å². The van der Waals surface area contributed by atoms with Crippen molar-refractivity contribution < 1.29 is 17.9 Å². The maximum Gasteiger partial charge on any atom is 0.573 e. The summed E-state index contributed by atoms with van der Waals surface area (Å²) in [6.07, 6.45) is 3.00. The minimum atomic E-state index is -4.78. The third-order valence-electron chi connectivity index (χ3n) is 6.73. The first-order valence-electron chi connectivity index (χ1n) is 11.3. The maximum atomic E-state index is 12.7. The Morgan fingerprint density at radius 2 is 2.03 bits per heavy atom. The molecule has 35 heavy (non-hydrogen) atoms. The van der Waals surface area contributed by atoms with Crippen LogP contribution >= 0.6 is 0 Å². The number of anilines is 1. The molecule has 1 atom stereocenters. The van der Waals surface area contributed by atoms with Crippen LogP contribution in [0.2, 0.25) is 0 Å². The lowest BCUT2D eigenvalue weighted by molar-refractivity contribution is -0.274. The molecular weight excluding hydrogens is 461 g/mol. The summed E-state index contributed by atoms with van der Waals surface area (Å²) in [5.74, 6) is 2.89. The van der Waals surface area contributed by atoms with Gasteiger partial charge in [-0.2, -0.15) is 4.98 Å². The molecule has 1 aromatic carbocycles. The van der Waals surface area contributed by atoms with E-state index in [4.69, 9.17) is 4.98 Å². The summed E-state index contributed by atoms with van der Waals surface area (Å²) in [4.78, 5) is 16.2. The summed E-state index contributed by atoms with van der Waals surface area (Å²) < 4.78 is 45.9. The quantitative estimate of drug-likeness (QED) is 0.428. The van der Waals surface area contributed by atoms with Crippen molar-refractivity contribution in [1.82, 2.24) is 34.3 Å². The average molecular weight is 482 g/mol. The van der Waals surface area contributed by atoms with E-state index in [1.54, 1.807) is 29.2 Å². The fourth-order valence-corrected chi connectivity index (χ4v) is 5.24. The minimum Gasteiger partial charge on any atom is -0.406 e. The van der Waals surface area contributed by atoms with Gasteiger partial charge in [0.05, 0.1) is 6.20 Å². The molecule has 2 aliphatic rings. The molecule has 2 aliphatic heterocycles. The molecule has 6 rings (SSSR count). The van der Waals surface area contributed by atoms with Crippen LogP contribution in [0.25, 0.3) is 23.0 Å². The van der Waals surface area contributed by atoms with Crippen molar-refractivity contribution in [2.24, 2.45) is 0 Å². The molecule has 0 N–H and O–H groups in total. The molecule has 9 nitrogen and oxygen atoms in total. The van der Waals surface area contributed by atoms with E-state index in [2.05, 4.69) is 36.7 Å². The summed E-state index contributed by atoms with van der Waals surface area (Å²) in [5.41, 5.74) is 0.958. The number of halogens is 3. The number of benzene rings is 1. The molecule has 1 unspecified atom stereocenters. The molecule has 1 saturated heterocycles. The first-order chi connectivity index (χ1) is 16.8. The SMILES string of the molecule is CCC12CCCN1c1nc(-n3ccnc3-c3cccc(OC(F)(F)F)c3)ncc1-n1c(C)nnc12. The highest BCUT2D eigenvalue weighted by molar-refractivity contribution is 5.66. The number of aryl methyl sites for hydroxylation is 1. The van der Waals surface area contributed by atoms with Crippen LogP contribution in [0.5, 0.6) is 5.75 Å². The maximum absolute atomic E-state index is 12.7. The van der Waals surface area contributed by atoms with Gasteiger partial charge in [0.25, 0.3) is 0 Å². The number of rotatable bonds is 4. The Labute approximate surface area is 198 Å². The number of ether oxygens (including phenoxy) is 1. The lowest BCUT2D eigenvalue weighted by atomic mass is 9.90. The van der Waals surface area contributed by atoms with Gasteiger partial charge in [-0.05, 0) is 38.3 Å². The summed E-state index contributed by atoms with van der Waals surface area (Å²) in [6, 6.07) is 5.69. The molecule has 5 heterocycles. The summed E-state index contributed by atoms with van der Waals surface area (Å²) >= 11 is 0. The number of hydrogen-bond donors (Lipinski definition) is 0. The third-order valence-corrected chi connectivity index (χ3v) is 6.73.